The lowest BCUT2D eigenvalue weighted by Crippen LogP contribution is -2.46. The first-order valence-electron chi connectivity index (χ1n) is 6.57. The summed E-state index contributed by atoms with van der Waals surface area (Å²) in [6.45, 7) is 4.96. The van der Waals surface area contributed by atoms with Crippen molar-refractivity contribution in [1.82, 2.24) is 4.90 Å². The van der Waals surface area contributed by atoms with Crippen LogP contribution in [0.2, 0.25) is 0 Å². The van der Waals surface area contributed by atoms with E-state index in [4.69, 9.17) is 0 Å². The van der Waals surface area contributed by atoms with Gasteiger partial charge in [-0.1, -0.05) is 6.92 Å². The monoisotopic (exact) mass is 281 g/mol. The van der Waals surface area contributed by atoms with Crippen LogP contribution < -0.4 is 0 Å². The van der Waals surface area contributed by atoms with E-state index in [1.54, 1.807) is 4.90 Å². The third-order valence-electron chi connectivity index (χ3n) is 4.09. The van der Waals surface area contributed by atoms with Crippen molar-refractivity contribution in [3.05, 3.63) is 21.9 Å². The first kappa shape index (κ1) is 14.1. The van der Waals surface area contributed by atoms with E-state index in [-0.39, 0.29) is 5.91 Å². The summed E-state index contributed by atoms with van der Waals surface area (Å²) in [6, 6.07) is 3.79. The van der Waals surface area contributed by atoms with E-state index < -0.39 is 11.4 Å². The number of carboxylic acids is 1. The van der Waals surface area contributed by atoms with Crippen molar-refractivity contribution in [2.45, 2.75) is 33.1 Å². The second-order valence-electron chi connectivity index (χ2n) is 5.14. The van der Waals surface area contributed by atoms with Gasteiger partial charge in [0, 0.05) is 18.0 Å². The molecule has 1 N–H and O–H groups in total. The minimum absolute atomic E-state index is 0.0354. The van der Waals surface area contributed by atoms with E-state index >= 15 is 0 Å². The van der Waals surface area contributed by atoms with Crippen molar-refractivity contribution >= 4 is 23.2 Å². The molecule has 0 aliphatic carbocycles. The van der Waals surface area contributed by atoms with Crippen molar-refractivity contribution in [3.63, 3.8) is 0 Å². The van der Waals surface area contributed by atoms with Gasteiger partial charge in [-0.3, -0.25) is 9.59 Å². The van der Waals surface area contributed by atoms with Crippen molar-refractivity contribution < 1.29 is 14.7 Å². The van der Waals surface area contributed by atoms with E-state index in [2.05, 4.69) is 0 Å². The summed E-state index contributed by atoms with van der Waals surface area (Å²) in [5, 5.41) is 9.33. The fourth-order valence-corrected chi connectivity index (χ4v) is 3.40. The quantitative estimate of drug-likeness (QED) is 0.926. The molecule has 0 spiro atoms. The van der Waals surface area contributed by atoms with Crippen LogP contribution in [-0.2, 0) is 4.79 Å². The normalized spacial score (nSPS) is 18.3. The zero-order valence-electron chi connectivity index (χ0n) is 11.3. The van der Waals surface area contributed by atoms with E-state index in [1.165, 1.54) is 11.3 Å². The molecule has 2 rings (SSSR count). The number of carboxylic acid groups (broad SMARTS) is 1. The molecule has 1 amide bonds. The van der Waals surface area contributed by atoms with Gasteiger partial charge in [-0.25, -0.2) is 0 Å². The fourth-order valence-electron chi connectivity index (χ4n) is 2.56. The van der Waals surface area contributed by atoms with Gasteiger partial charge in [-0.15, -0.1) is 11.3 Å². The highest BCUT2D eigenvalue weighted by molar-refractivity contribution is 7.13. The summed E-state index contributed by atoms with van der Waals surface area (Å²) in [5.74, 6) is -0.692. The maximum Gasteiger partial charge on any atom is 0.309 e. The SMILES string of the molecule is CCC1(C(=O)O)CCN(C(=O)c2ccc(C)s2)CC1. The molecule has 0 radical (unpaired) electrons. The summed E-state index contributed by atoms with van der Waals surface area (Å²) < 4.78 is 0. The summed E-state index contributed by atoms with van der Waals surface area (Å²) in [6.07, 6.45) is 1.73. The van der Waals surface area contributed by atoms with E-state index in [0.717, 1.165) is 9.75 Å². The van der Waals surface area contributed by atoms with Crippen LogP contribution in [0.15, 0.2) is 12.1 Å². The largest absolute Gasteiger partial charge is 0.481 e. The van der Waals surface area contributed by atoms with Crippen molar-refractivity contribution in [3.8, 4) is 0 Å². The summed E-state index contributed by atoms with van der Waals surface area (Å²) >= 11 is 1.49. The smallest absolute Gasteiger partial charge is 0.309 e. The van der Waals surface area contributed by atoms with Gasteiger partial charge < -0.3 is 10.0 Å². The Bertz CT molecular complexity index is 487. The van der Waals surface area contributed by atoms with E-state index in [1.807, 2.05) is 26.0 Å². The number of hydrogen-bond acceptors (Lipinski definition) is 3. The summed E-state index contributed by atoms with van der Waals surface area (Å²) in [4.78, 5) is 27.3. The third-order valence-corrected chi connectivity index (χ3v) is 5.08. The standard InChI is InChI=1S/C14H19NO3S/c1-3-14(13(17)18)6-8-15(9-7-14)12(16)11-5-4-10(2)19-11/h4-5H,3,6-9H2,1-2H3,(H,17,18). The molecule has 0 aromatic carbocycles. The van der Waals surface area contributed by atoms with Gasteiger partial charge in [0.2, 0.25) is 0 Å². The number of rotatable bonds is 3. The lowest BCUT2D eigenvalue weighted by Gasteiger charge is -2.38. The molecule has 0 unspecified atom stereocenters. The minimum atomic E-state index is -0.728. The molecule has 1 saturated heterocycles. The van der Waals surface area contributed by atoms with E-state index in [9.17, 15) is 14.7 Å². The predicted octanol–water partition coefficient (Wildman–Crippen LogP) is 2.77. The Kier molecular flexibility index (Phi) is 3.94. The Morgan fingerprint density at radius 3 is 2.42 bits per heavy atom. The van der Waals surface area contributed by atoms with Gasteiger partial charge in [0.15, 0.2) is 0 Å². The number of piperidine rings is 1. The maximum atomic E-state index is 12.3. The average Bonchev–Trinajstić information content (AvgIpc) is 2.84. The Hall–Kier alpha value is -1.36. The zero-order valence-corrected chi connectivity index (χ0v) is 12.1. The van der Waals surface area contributed by atoms with Crippen LogP contribution in [-0.4, -0.2) is 35.0 Å². The van der Waals surface area contributed by atoms with Gasteiger partial charge in [0.25, 0.3) is 5.91 Å². The van der Waals surface area contributed by atoms with Gasteiger partial charge in [0.05, 0.1) is 10.3 Å². The number of amides is 1. The Morgan fingerprint density at radius 1 is 1.37 bits per heavy atom. The molecule has 19 heavy (non-hydrogen) atoms. The van der Waals surface area contributed by atoms with Crippen molar-refractivity contribution in [2.75, 3.05) is 13.1 Å². The highest BCUT2D eigenvalue weighted by Crippen LogP contribution is 2.35. The molecule has 1 aromatic heterocycles. The summed E-state index contributed by atoms with van der Waals surface area (Å²) in [5.41, 5.74) is -0.637. The first-order chi connectivity index (χ1) is 8.98. The van der Waals surface area contributed by atoms with Crippen LogP contribution in [0.3, 0.4) is 0 Å². The molecule has 5 heteroatoms. The number of nitrogens with zero attached hydrogens (tertiary/aromatic N) is 1. The second-order valence-corrected chi connectivity index (χ2v) is 6.43. The molecule has 1 aliphatic rings. The van der Waals surface area contributed by atoms with E-state index in [0.29, 0.717) is 32.4 Å². The molecule has 1 aromatic rings. The van der Waals surface area contributed by atoms with Gasteiger partial charge in [-0.2, -0.15) is 0 Å². The van der Waals surface area contributed by atoms with Crippen LogP contribution in [0.25, 0.3) is 0 Å². The molecule has 0 saturated carbocycles. The maximum absolute atomic E-state index is 12.3. The number of likely N-dealkylation sites (tertiary alicyclic amines) is 1. The molecule has 1 fully saturated rings. The van der Waals surface area contributed by atoms with Crippen molar-refractivity contribution in [1.29, 1.82) is 0 Å². The second kappa shape index (κ2) is 5.33. The van der Waals surface area contributed by atoms with Gasteiger partial charge in [0.1, 0.15) is 0 Å². The number of thiophene rings is 1. The van der Waals surface area contributed by atoms with Gasteiger partial charge in [-0.05, 0) is 38.3 Å². The molecular formula is C14H19NO3S. The zero-order chi connectivity index (χ0) is 14.0. The predicted molar refractivity (Wildman–Crippen MR) is 74.6 cm³/mol. The highest BCUT2D eigenvalue weighted by atomic mass is 32.1. The van der Waals surface area contributed by atoms with Crippen LogP contribution in [0.1, 0.15) is 40.7 Å². The van der Waals surface area contributed by atoms with Crippen LogP contribution in [0.5, 0.6) is 0 Å². The fraction of sp³-hybridized carbons (Fsp3) is 0.571. The molecule has 4 nitrogen and oxygen atoms in total. The molecule has 0 bridgehead atoms. The van der Waals surface area contributed by atoms with Crippen LogP contribution in [0, 0.1) is 12.3 Å². The average molecular weight is 281 g/mol. The third kappa shape index (κ3) is 2.66. The highest BCUT2D eigenvalue weighted by Gasteiger charge is 2.40. The van der Waals surface area contributed by atoms with Crippen LogP contribution in [0.4, 0.5) is 0 Å². The molecule has 1 aliphatic heterocycles. The molecule has 2 heterocycles. The lowest BCUT2D eigenvalue weighted by molar-refractivity contribution is -0.152. The van der Waals surface area contributed by atoms with Crippen LogP contribution >= 0.6 is 11.3 Å². The topological polar surface area (TPSA) is 57.6 Å². The van der Waals surface area contributed by atoms with Crippen molar-refractivity contribution in [2.24, 2.45) is 5.41 Å². The molecule has 0 atom stereocenters. The Balaban J connectivity index is 2.04. The first-order valence-corrected chi connectivity index (χ1v) is 7.39. The molecular weight excluding hydrogens is 262 g/mol. The summed E-state index contributed by atoms with van der Waals surface area (Å²) in [7, 11) is 0. The molecule has 104 valence electrons. The van der Waals surface area contributed by atoms with Gasteiger partial charge >= 0.3 is 5.97 Å². The number of carbonyl (C=O) groups is 2. The number of aliphatic carboxylic acids is 1. The number of hydrogen-bond donors (Lipinski definition) is 1. The lowest BCUT2D eigenvalue weighted by atomic mass is 9.76. The number of aryl methyl sites for hydroxylation is 1. The number of carbonyl (C=O) groups excluding carboxylic acids is 1. The minimum Gasteiger partial charge on any atom is -0.481 e. The Labute approximate surface area is 117 Å². The Morgan fingerprint density at radius 2 is 2.00 bits per heavy atom.